The van der Waals surface area contributed by atoms with Crippen LogP contribution in [0.5, 0.6) is 5.75 Å². The van der Waals surface area contributed by atoms with Crippen molar-refractivity contribution in [2.45, 2.75) is 45.1 Å². The van der Waals surface area contributed by atoms with Gasteiger partial charge in [-0.3, -0.25) is 9.59 Å². The first-order chi connectivity index (χ1) is 18.5. The molecule has 39 heavy (non-hydrogen) atoms. The SMILES string of the molecule is CN(C(=O)Oc1ccc(F)cc1)[C@@H]1CN(C(=O)C2CCN(C(=O)C3CC3(C)C)CC2)C[C@H]1c1ccc(Cl)cc1. The maximum atomic E-state index is 13.6. The van der Waals surface area contributed by atoms with Crippen LogP contribution in [0, 0.1) is 23.1 Å². The zero-order valence-electron chi connectivity index (χ0n) is 22.6. The fourth-order valence-electron chi connectivity index (χ4n) is 5.92. The van der Waals surface area contributed by atoms with Gasteiger partial charge in [-0.25, -0.2) is 9.18 Å². The van der Waals surface area contributed by atoms with E-state index in [1.54, 1.807) is 7.05 Å². The van der Waals surface area contributed by atoms with Crippen molar-refractivity contribution in [3.8, 4) is 5.75 Å². The fraction of sp³-hybridized carbons (Fsp3) is 0.500. The van der Waals surface area contributed by atoms with Crippen LogP contribution in [0.4, 0.5) is 9.18 Å². The Morgan fingerprint density at radius 2 is 1.56 bits per heavy atom. The van der Waals surface area contributed by atoms with Crippen molar-refractivity contribution < 1.29 is 23.5 Å². The molecule has 2 heterocycles. The third-order valence-corrected chi connectivity index (χ3v) is 8.92. The predicted molar refractivity (Wildman–Crippen MR) is 146 cm³/mol. The number of amides is 3. The van der Waals surface area contributed by atoms with Gasteiger partial charge in [0.25, 0.3) is 0 Å². The number of rotatable bonds is 5. The number of ether oxygens (including phenoxy) is 1. The van der Waals surface area contributed by atoms with E-state index in [-0.39, 0.29) is 46.8 Å². The second kappa shape index (κ2) is 10.8. The van der Waals surface area contributed by atoms with Gasteiger partial charge >= 0.3 is 6.09 Å². The molecule has 7 nitrogen and oxygen atoms in total. The molecule has 0 aromatic heterocycles. The number of hydrogen-bond acceptors (Lipinski definition) is 4. The van der Waals surface area contributed by atoms with Crippen LogP contribution < -0.4 is 4.74 Å². The van der Waals surface area contributed by atoms with Crippen LogP contribution in [0.25, 0.3) is 0 Å². The number of piperidine rings is 1. The average Bonchev–Trinajstić information content (AvgIpc) is 3.35. The molecule has 208 valence electrons. The summed E-state index contributed by atoms with van der Waals surface area (Å²) >= 11 is 6.12. The van der Waals surface area contributed by atoms with E-state index < -0.39 is 11.9 Å². The summed E-state index contributed by atoms with van der Waals surface area (Å²) in [6.07, 6.45) is 1.65. The van der Waals surface area contributed by atoms with Gasteiger partial charge in [-0.2, -0.15) is 0 Å². The minimum absolute atomic E-state index is 0.0654. The number of carbonyl (C=O) groups excluding carboxylic acids is 3. The van der Waals surface area contributed by atoms with E-state index in [1.807, 2.05) is 34.1 Å². The molecule has 2 aliphatic heterocycles. The summed E-state index contributed by atoms with van der Waals surface area (Å²) in [6.45, 7) is 6.29. The monoisotopic (exact) mass is 555 g/mol. The summed E-state index contributed by atoms with van der Waals surface area (Å²) < 4.78 is 18.8. The van der Waals surface area contributed by atoms with Gasteiger partial charge in [0.2, 0.25) is 11.8 Å². The molecule has 2 saturated heterocycles. The van der Waals surface area contributed by atoms with E-state index in [1.165, 1.54) is 29.2 Å². The molecule has 5 rings (SSSR count). The van der Waals surface area contributed by atoms with Crippen molar-refractivity contribution >= 4 is 29.5 Å². The van der Waals surface area contributed by atoms with Crippen LogP contribution in [-0.4, -0.2) is 71.9 Å². The van der Waals surface area contributed by atoms with E-state index in [9.17, 15) is 18.8 Å². The van der Waals surface area contributed by atoms with E-state index in [4.69, 9.17) is 16.3 Å². The summed E-state index contributed by atoms with van der Waals surface area (Å²) in [5, 5.41) is 0.612. The second-order valence-electron chi connectivity index (χ2n) is 11.7. The highest BCUT2D eigenvalue weighted by atomic mass is 35.5. The van der Waals surface area contributed by atoms with Crippen molar-refractivity contribution in [2.24, 2.45) is 17.3 Å². The van der Waals surface area contributed by atoms with Crippen molar-refractivity contribution in [3.63, 3.8) is 0 Å². The first-order valence-corrected chi connectivity index (χ1v) is 13.9. The fourth-order valence-corrected chi connectivity index (χ4v) is 6.05. The highest BCUT2D eigenvalue weighted by molar-refractivity contribution is 6.30. The summed E-state index contributed by atoms with van der Waals surface area (Å²) in [6, 6.07) is 12.4. The summed E-state index contributed by atoms with van der Waals surface area (Å²) in [4.78, 5) is 44.8. The van der Waals surface area contributed by atoms with Gasteiger partial charge in [-0.15, -0.1) is 0 Å². The highest BCUT2D eigenvalue weighted by Crippen LogP contribution is 2.52. The van der Waals surface area contributed by atoms with Gasteiger partial charge < -0.3 is 19.4 Å². The van der Waals surface area contributed by atoms with E-state index >= 15 is 0 Å². The van der Waals surface area contributed by atoms with Gasteiger partial charge in [0.05, 0.1) is 6.04 Å². The zero-order chi connectivity index (χ0) is 27.9. The molecule has 1 unspecified atom stereocenters. The molecule has 9 heteroatoms. The number of nitrogens with zero attached hydrogens (tertiary/aromatic N) is 3. The number of halogens is 2. The van der Waals surface area contributed by atoms with Crippen LogP contribution in [0.2, 0.25) is 5.02 Å². The maximum absolute atomic E-state index is 13.6. The Morgan fingerprint density at radius 1 is 0.949 bits per heavy atom. The zero-order valence-corrected chi connectivity index (χ0v) is 23.4. The van der Waals surface area contributed by atoms with Crippen molar-refractivity contribution in [3.05, 3.63) is 64.9 Å². The summed E-state index contributed by atoms with van der Waals surface area (Å²) in [5.41, 5.74) is 1.07. The topological polar surface area (TPSA) is 70.2 Å². The minimum atomic E-state index is -0.574. The molecule has 3 fully saturated rings. The van der Waals surface area contributed by atoms with Crippen LogP contribution in [0.15, 0.2) is 48.5 Å². The number of likely N-dealkylation sites (N-methyl/N-ethyl adjacent to an activating group) is 1. The maximum Gasteiger partial charge on any atom is 0.415 e. The average molecular weight is 556 g/mol. The molecular weight excluding hydrogens is 521 g/mol. The van der Waals surface area contributed by atoms with E-state index in [0.717, 1.165) is 12.0 Å². The molecule has 0 radical (unpaired) electrons. The van der Waals surface area contributed by atoms with E-state index in [2.05, 4.69) is 13.8 Å². The molecule has 1 saturated carbocycles. The molecule has 2 aromatic carbocycles. The van der Waals surface area contributed by atoms with Crippen LogP contribution in [-0.2, 0) is 9.59 Å². The number of likely N-dealkylation sites (tertiary alicyclic amines) is 2. The standard InChI is InChI=1S/C30H35ClFN3O4/c1-30(2)16-25(30)28(37)34-14-12-20(13-15-34)27(36)35-17-24(19-4-6-21(31)7-5-19)26(18-35)33(3)29(38)39-23-10-8-22(32)9-11-23/h4-11,20,24-26H,12-18H2,1-3H3/t24-,25?,26+/m0/s1. The molecule has 3 atom stereocenters. The molecule has 0 N–H and O–H groups in total. The van der Waals surface area contributed by atoms with Crippen molar-refractivity contribution in [1.29, 1.82) is 0 Å². The lowest BCUT2D eigenvalue weighted by Crippen LogP contribution is -2.46. The lowest BCUT2D eigenvalue weighted by atomic mass is 9.93. The Kier molecular flexibility index (Phi) is 7.60. The molecule has 0 bridgehead atoms. The highest BCUT2D eigenvalue weighted by Gasteiger charge is 2.52. The third-order valence-electron chi connectivity index (χ3n) is 8.67. The summed E-state index contributed by atoms with van der Waals surface area (Å²) in [7, 11) is 1.66. The lowest BCUT2D eigenvalue weighted by molar-refractivity contribution is -0.141. The third kappa shape index (κ3) is 5.91. The van der Waals surface area contributed by atoms with Crippen molar-refractivity contribution in [2.75, 3.05) is 33.2 Å². The summed E-state index contributed by atoms with van der Waals surface area (Å²) in [5.74, 6) is -0.0556. The quantitative estimate of drug-likeness (QED) is 0.509. The van der Waals surface area contributed by atoms with Gasteiger partial charge in [0.1, 0.15) is 11.6 Å². The van der Waals surface area contributed by atoms with Gasteiger partial charge in [0.15, 0.2) is 0 Å². The second-order valence-corrected chi connectivity index (χ2v) is 12.2. The Bertz CT molecular complexity index is 1230. The normalized spacial score (nSPS) is 24.4. The number of hydrogen-bond donors (Lipinski definition) is 0. The van der Waals surface area contributed by atoms with Crippen LogP contribution in [0.1, 0.15) is 44.6 Å². The van der Waals surface area contributed by atoms with Crippen LogP contribution in [0.3, 0.4) is 0 Å². The smallest absolute Gasteiger partial charge is 0.410 e. The molecule has 1 aliphatic carbocycles. The molecule has 2 aromatic rings. The Hall–Kier alpha value is -3.13. The number of carbonyl (C=O) groups is 3. The van der Waals surface area contributed by atoms with Crippen molar-refractivity contribution in [1.82, 2.24) is 14.7 Å². The Morgan fingerprint density at radius 3 is 2.15 bits per heavy atom. The van der Waals surface area contributed by atoms with Gasteiger partial charge in [-0.1, -0.05) is 37.6 Å². The molecular formula is C30H35ClFN3O4. The van der Waals surface area contributed by atoms with Gasteiger partial charge in [-0.05, 0) is 66.6 Å². The largest absolute Gasteiger partial charge is 0.415 e. The first-order valence-electron chi connectivity index (χ1n) is 13.6. The van der Waals surface area contributed by atoms with E-state index in [0.29, 0.717) is 44.0 Å². The minimum Gasteiger partial charge on any atom is -0.410 e. The Labute approximate surface area is 233 Å². The first kappa shape index (κ1) is 27.4. The molecule has 3 aliphatic rings. The van der Waals surface area contributed by atoms with Gasteiger partial charge in [0, 0.05) is 56.0 Å². The van der Waals surface area contributed by atoms with Crippen LogP contribution >= 0.6 is 11.6 Å². The number of benzene rings is 2. The molecule has 3 amide bonds. The predicted octanol–water partition coefficient (Wildman–Crippen LogP) is 5.19. The Balaban J connectivity index is 1.26. The lowest BCUT2D eigenvalue weighted by Gasteiger charge is -2.33. The molecule has 0 spiro atoms.